The molecule has 4 aromatic carbocycles. The van der Waals surface area contributed by atoms with Crippen molar-refractivity contribution in [3.63, 3.8) is 0 Å². The van der Waals surface area contributed by atoms with Crippen LogP contribution in [0.4, 0.5) is 17.6 Å². The third-order valence-corrected chi connectivity index (χ3v) is 12.9. The summed E-state index contributed by atoms with van der Waals surface area (Å²) in [6.45, 7) is 10.5. The molecule has 6 rings (SSSR count). The Balaban J connectivity index is 0.000000194. The van der Waals surface area contributed by atoms with Crippen molar-refractivity contribution in [2.24, 2.45) is 0 Å². The van der Waals surface area contributed by atoms with E-state index < -0.39 is 23.3 Å². The summed E-state index contributed by atoms with van der Waals surface area (Å²) in [6.07, 6.45) is 4.44. The number of ether oxygens (including phenoxy) is 2. The Morgan fingerprint density at radius 1 is 0.520 bits per heavy atom. The van der Waals surface area contributed by atoms with E-state index in [4.69, 9.17) is 9.47 Å². The molecule has 0 amide bonds. The third-order valence-electron chi connectivity index (χ3n) is 7.82. The van der Waals surface area contributed by atoms with E-state index in [1.165, 1.54) is 29.9 Å². The molecule has 0 saturated carbocycles. The second-order valence-electron chi connectivity index (χ2n) is 11.4. The van der Waals surface area contributed by atoms with Gasteiger partial charge in [-0.1, -0.05) is 13.8 Å². The normalized spacial score (nSPS) is 10.8. The van der Waals surface area contributed by atoms with Crippen LogP contribution in [0.5, 0.6) is 11.5 Å². The molecule has 2 heterocycles. The van der Waals surface area contributed by atoms with Crippen molar-refractivity contribution in [1.82, 2.24) is 0 Å². The molecule has 0 unspecified atom stereocenters. The molecule has 258 valence electrons. The SMILES string of the molecule is C=Cc1ccc(-c2ccc(-c3ccc(OCCC)c(F)c3F)cc2)[se]1.CCCOc1ccc(-c2ccc(-c3ccc(CC)[se]3)cc2)c(F)c1F. The van der Waals surface area contributed by atoms with E-state index in [1.807, 2.05) is 68.5 Å². The van der Waals surface area contributed by atoms with Crippen LogP contribution in [-0.4, -0.2) is 42.2 Å². The Morgan fingerprint density at radius 2 is 0.960 bits per heavy atom. The van der Waals surface area contributed by atoms with E-state index in [1.54, 1.807) is 12.1 Å². The molecule has 2 nitrogen and oxygen atoms in total. The molecule has 0 saturated heterocycles. The van der Waals surface area contributed by atoms with Crippen LogP contribution >= 0.6 is 0 Å². The average molecular weight is 809 g/mol. The number of hydrogen-bond donors (Lipinski definition) is 0. The fraction of sp³-hybridized carbons (Fsp3) is 0.190. The molecule has 0 spiro atoms. The Kier molecular flexibility index (Phi) is 13.2. The van der Waals surface area contributed by atoms with Gasteiger partial charge in [0.1, 0.15) is 0 Å². The number of rotatable bonds is 12. The molecule has 0 bridgehead atoms. The molecule has 0 fully saturated rings. The van der Waals surface area contributed by atoms with Gasteiger partial charge in [-0.15, -0.1) is 0 Å². The van der Waals surface area contributed by atoms with Gasteiger partial charge in [0, 0.05) is 0 Å². The van der Waals surface area contributed by atoms with Crippen molar-refractivity contribution in [2.75, 3.05) is 13.2 Å². The van der Waals surface area contributed by atoms with Gasteiger partial charge in [0.05, 0.1) is 0 Å². The van der Waals surface area contributed by atoms with Gasteiger partial charge in [-0.05, 0) is 0 Å². The van der Waals surface area contributed by atoms with Gasteiger partial charge in [-0.25, -0.2) is 0 Å². The van der Waals surface area contributed by atoms with Gasteiger partial charge < -0.3 is 0 Å². The molecule has 0 aliphatic carbocycles. The molecule has 6 aromatic rings. The molecule has 50 heavy (non-hydrogen) atoms. The number of hydrogen-bond acceptors (Lipinski definition) is 2. The molecule has 0 N–H and O–H groups in total. The first-order valence-electron chi connectivity index (χ1n) is 16.5. The fourth-order valence-electron chi connectivity index (χ4n) is 5.13. The fourth-order valence-corrected chi connectivity index (χ4v) is 8.94. The van der Waals surface area contributed by atoms with Crippen LogP contribution in [0.25, 0.3) is 48.3 Å². The summed E-state index contributed by atoms with van der Waals surface area (Å²) in [6, 6.07) is 29.8. The zero-order valence-electron chi connectivity index (χ0n) is 28.2. The molecule has 0 aliphatic heterocycles. The van der Waals surface area contributed by atoms with Crippen LogP contribution in [0.1, 0.15) is 42.5 Å². The predicted octanol–water partition coefficient (Wildman–Crippen LogP) is 11.5. The molecule has 0 aliphatic rings. The Morgan fingerprint density at radius 3 is 1.36 bits per heavy atom. The van der Waals surface area contributed by atoms with Crippen LogP contribution in [0.15, 0.2) is 104 Å². The van der Waals surface area contributed by atoms with Gasteiger partial charge in [0.2, 0.25) is 0 Å². The van der Waals surface area contributed by atoms with E-state index in [0.717, 1.165) is 30.4 Å². The summed E-state index contributed by atoms with van der Waals surface area (Å²) in [5.74, 6) is -3.66. The van der Waals surface area contributed by atoms with E-state index in [2.05, 4.69) is 37.8 Å². The van der Waals surface area contributed by atoms with Crippen molar-refractivity contribution in [2.45, 2.75) is 40.0 Å². The van der Waals surface area contributed by atoms with Gasteiger partial charge in [0.15, 0.2) is 0 Å². The van der Waals surface area contributed by atoms with E-state index >= 15 is 0 Å². The van der Waals surface area contributed by atoms with Crippen molar-refractivity contribution < 1.29 is 27.0 Å². The van der Waals surface area contributed by atoms with Crippen LogP contribution in [0.2, 0.25) is 0 Å². The Hall–Kier alpha value is -4.06. The molecule has 0 radical (unpaired) electrons. The monoisotopic (exact) mass is 810 g/mol. The van der Waals surface area contributed by atoms with E-state index in [0.29, 0.717) is 38.8 Å². The van der Waals surface area contributed by atoms with Crippen molar-refractivity contribution in [1.29, 1.82) is 0 Å². The minimum atomic E-state index is -0.934. The first-order valence-corrected chi connectivity index (χ1v) is 19.9. The van der Waals surface area contributed by atoms with Crippen LogP contribution in [-0.2, 0) is 6.42 Å². The van der Waals surface area contributed by atoms with Crippen LogP contribution in [0.3, 0.4) is 0 Å². The summed E-state index contributed by atoms with van der Waals surface area (Å²) in [7, 11) is 0. The quantitative estimate of drug-likeness (QED) is 0.0906. The van der Waals surface area contributed by atoms with Gasteiger partial charge in [-0.2, -0.15) is 0 Å². The van der Waals surface area contributed by atoms with Crippen LogP contribution < -0.4 is 9.47 Å². The number of halogens is 4. The van der Waals surface area contributed by atoms with Crippen molar-refractivity contribution >= 4 is 35.1 Å². The number of aryl methyl sites for hydroxylation is 1. The summed E-state index contributed by atoms with van der Waals surface area (Å²) in [5, 5.41) is 0. The summed E-state index contributed by atoms with van der Waals surface area (Å²) < 4.78 is 72.9. The Labute approximate surface area is 303 Å². The predicted molar refractivity (Wildman–Crippen MR) is 199 cm³/mol. The average Bonchev–Trinajstić information content (AvgIpc) is 3.84. The molecular weight excluding hydrogens is 770 g/mol. The van der Waals surface area contributed by atoms with Gasteiger partial charge in [0.25, 0.3) is 0 Å². The first kappa shape index (κ1) is 37.2. The zero-order chi connectivity index (χ0) is 35.6. The van der Waals surface area contributed by atoms with E-state index in [9.17, 15) is 17.6 Å². The van der Waals surface area contributed by atoms with Crippen molar-refractivity contribution in [3.05, 3.63) is 136 Å². The number of benzene rings is 4. The summed E-state index contributed by atoms with van der Waals surface area (Å²) in [4.78, 5) is 0. The molecule has 8 heteroatoms. The maximum atomic E-state index is 14.4. The Bertz CT molecular complexity index is 2030. The molecule has 2 aromatic heterocycles. The molecule has 0 atom stereocenters. The van der Waals surface area contributed by atoms with Gasteiger partial charge >= 0.3 is 291 Å². The summed E-state index contributed by atoms with van der Waals surface area (Å²) >= 11 is 0.616. The second-order valence-corrected chi connectivity index (χ2v) is 16.1. The van der Waals surface area contributed by atoms with Crippen molar-refractivity contribution in [3.8, 4) is 53.8 Å². The second kappa shape index (κ2) is 17.7. The van der Waals surface area contributed by atoms with E-state index in [-0.39, 0.29) is 37.1 Å². The van der Waals surface area contributed by atoms with Crippen LogP contribution in [0, 0.1) is 23.3 Å². The zero-order valence-corrected chi connectivity index (χ0v) is 31.6. The maximum absolute atomic E-state index is 14.4. The third kappa shape index (κ3) is 8.80. The van der Waals surface area contributed by atoms with Gasteiger partial charge in [-0.3, -0.25) is 0 Å². The first-order chi connectivity index (χ1) is 24.3. The molecular formula is C42H38F4O2Se2. The standard InChI is InChI=1S/C21H20F2OSe.C21H18F2OSe/c2*1-3-13-24-18-11-10-17(20(22)21(18)23)14-5-7-15(8-6-14)19-12-9-16(4-2)25-19/h5-12H,3-4,13H2,1-2H3;4-12H,2-3,13H2,1H3. The topological polar surface area (TPSA) is 18.5 Å². The minimum absolute atomic E-state index is 0.0308. The summed E-state index contributed by atoms with van der Waals surface area (Å²) in [5.41, 5.74) is 4.05.